The lowest BCUT2D eigenvalue weighted by atomic mass is 10.2. The lowest BCUT2D eigenvalue weighted by molar-refractivity contribution is -0.867. The molecule has 1 heterocycles. The van der Waals surface area contributed by atoms with Crippen LogP contribution in [0.25, 0.3) is 0 Å². The molecule has 1 aliphatic heterocycles. The van der Waals surface area contributed by atoms with E-state index in [-0.39, 0.29) is 0 Å². The molecule has 1 aliphatic carbocycles. The minimum Gasteiger partial charge on any atom is -0.464 e. The van der Waals surface area contributed by atoms with E-state index in [1.807, 2.05) is 0 Å². The molecule has 1 N–H and O–H groups in total. The Labute approximate surface area is 62.2 Å². The molecule has 0 amide bonds. The van der Waals surface area contributed by atoms with Crippen LogP contribution in [0.5, 0.6) is 0 Å². The molecule has 2 unspecified atom stereocenters. The van der Waals surface area contributed by atoms with Crippen LogP contribution in [0, 0.1) is 13.0 Å². The Morgan fingerprint density at radius 1 is 1.40 bits per heavy atom. The zero-order chi connectivity index (χ0) is 6.97. The second-order valence-corrected chi connectivity index (χ2v) is 3.45. The number of morpholine rings is 1. The van der Waals surface area contributed by atoms with Crippen LogP contribution >= 0.6 is 0 Å². The fraction of sp³-hybridized carbons (Fsp3) is 0.875. The first kappa shape index (κ1) is 6.62. The van der Waals surface area contributed by atoms with Crippen LogP contribution in [0.15, 0.2) is 0 Å². The Morgan fingerprint density at radius 2 is 2.20 bits per heavy atom. The van der Waals surface area contributed by atoms with Crippen LogP contribution in [-0.4, -0.2) is 25.8 Å². The van der Waals surface area contributed by atoms with Gasteiger partial charge in [-0.15, -0.1) is 0 Å². The third-order valence-electron chi connectivity index (χ3n) is 2.43. The van der Waals surface area contributed by atoms with Crippen LogP contribution in [0.2, 0.25) is 0 Å². The number of hydrogen-bond donors (Lipinski definition) is 1. The van der Waals surface area contributed by atoms with Crippen molar-refractivity contribution in [1.29, 1.82) is 0 Å². The standard InChI is InChI=1S/C8H15NO/c1-9-4-5-10-8(6-9)7-2-3-7/h7-9H,1-6H2. The molecular weight excluding hydrogens is 126 g/mol. The van der Waals surface area contributed by atoms with Crippen molar-refractivity contribution in [2.45, 2.75) is 18.9 Å². The first-order valence-corrected chi connectivity index (χ1v) is 4.14. The molecule has 2 aliphatic rings. The van der Waals surface area contributed by atoms with E-state index in [0.717, 1.165) is 25.6 Å². The molecule has 0 radical (unpaired) electrons. The highest BCUT2D eigenvalue weighted by atomic mass is 16.5. The summed E-state index contributed by atoms with van der Waals surface area (Å²) in [6.07, 6.45) is 3.32. The van der Waals surface area contributed by atoms with Gasteiger partial charge in [-0.3, -0.25) is 0 Å². The number of quaternary nitrogens is 1. The smallest absolute Gasteiger partial charge is 0.107 e. The maximum Gasteiger partial charge on any atom is 0.107 e. The maximum atomic E-state index is 5.61. The summed E-state index contributed by atoms with van der Waals surface area (Å²) in [5.41, 5.74) is 0. The molecule has 0 aromatic heterocycles. The minimum absolute atomic E-state index is 0.543. The largest absolute Gasteiger partial charge is 0.464 e. The average molecular weight is 141 g/mol. The summed E-state index contributed by atoms with van der Waals surface area (Å²) in [7, 11) is 3.99. The van der Waals surface area contributed by atoms with Gasteiger partial charge in [0.15, 0.2) is 0 Å². The fourth-order valence-electron chi connectivity index (χ4n) is 1.57. The highest BCUT2D eigenvalue weighted by molar-refractivity contribution is 4.82. The van der Waals surface area contributed by atoms with E-state index in [0.29, 0.717) is 6.10 Å². The number of rotatable bonds is 1. The van der Waals surface area contributed by atoms with Crippen molar-refractivity contribution in [3.05, 3.63) is 7.05 Å². The van der Waals surface area contributed by atoms with Gasteiger partial charge in [0.1, 0.15) is 6.10 Å². The molecule has 0 aromatic carbocycles. The summed E-state index contributed by atoms with van der Waals surface area (Å²) in [5, 5.41) is 0. The average Bonchev–Trinajstić information content (AvgIpc) is 2.68. The Kier molecular flexibility index (Phi) is 1.66. The van der Waals surface area contributed by atoms with E-state index in [4.69, 9.17) is 4.74 Å². The van der Waals surface area contributed by atoms with Crippen molar-refractivity contribution < 1.29 is 9.64 Å². The minimum atomic E-state index is 0.543. The van der Waals surface area contributed by atoms with Gasteiger partial charge in [0, 0.05) is 0 Å². The molecule has 2 heteroatoms. The van der Waals surface area contributed by atoms with Crippen molar-refractivity contribution in [2.75, 3.05) is 19.7 Å². The zero-order valence-electron chi connectivity index (χ0n) is 6.31. The Hall–Kier alpha value is -0.0800. The van der Waals surface area contributed by atoms with Gasteiger partial charge in [-0.25, -0.2) is 0 Å². The summed E-state index contributed by atoms with van der Waals surface area (Å²) in [5.74, 6) is 0.886. The number of ether oxygens (including phenoxy) is 1. The Bertz CT molecular complexity index is 122. The SMILES string of the molecule is [CH2-][NH+]1CCOC(C2CC2)C1. The molecule has 0 bridgehead atoms. The van der Waals surface area contributed by atoms with Crippen molar-refractivity contribution in [3.63, 3.8) is 0 Å². The van der Waals surface area contributed by atoms with Crippen LogP contribution in [0.1, 0.15) is 12.8 Å². The van der Waals surface area contributed by atoms with E-state index in [2.05, 4.69) is 7.05 Å². The summed E-state index contributed by atoms with van der Waals surface area (Å²) < 4.78 is 5.61. The molecule has 0 spiro atoms. The molecule has 10 heavy (non-hydrogen) atoms. The molecule has 2 fully saturated rings. The molecule has 1 saturated carbocycles. The van der Waals surface area contributed by atoms with Gasteiger partial charge in [0.2, 0.25) is 0 Å². The molecule has 0 aromatic rings. The highest BCUT2D eigenvalue weighted by Gasteiger charge is 2.34. The van der Waals surface area contributed by atoms with Gasteiger partial charge in [0.05, 0.1) is 19.7 Å². The molecule has 2 nitrogen and oxygen atoms in total. The van der Waals surface area contributed by atoms with E-state index in [1.54, 1.807) is 0 Å². The molecular formula is C8H15NO. The lowest BCUT2D eigenvalue weighted by Crippen LogP contribution is -3.10. The Balaban J connectivity index is 1.84. The van der Waals surface area contributed by atoms with Crippen LogP contribution in [0.4, 0.5) is 0 Å². The van der Waals surface area contributed by atoms with Gasteiger partial charge in [-0.2, -0.15) is 7.05 Å². The third kappa shape index (κ3) is 1.32. The normalized spacial score (nSPS) is 41.7. The second-order valence-electron chi connectivity index (χ2n) is 3.45. The highest BCUT2D eigenvalue weighted by Crippen LogP contribution is 2.33. The van der Waals surface area contributed by atoms with Gasteiger partial charge in [-0.1, -0.05) is 0 Å². The van der Waals surface area contributed by atoms with Crippen molar-refractivity contribution in [3.8, 4) is 0 Å². The first-order chi connectivity index (χ1) is 4.86. The van der Waals surface area contributed by atoms with Gasteiger partial charge in [-0.05, 0) is 18.8 Å². The number of hydrogen-bond acceptors (Lipinski definition) is 1. The second kappa shape index (κ2) is 2.51. The molecule has 1 saturated heterocycles. The Morgan fingerprint density at radius 3 is 2.80 bits per heavy atom. The van der Waals surface area contributed by atoms with Crippen molar-refractivity contribution in [1.82, 2.24) is 0 Å². The molecule has 2 rings (SSSR count). The zero-order valence-corrected chi connectivity index (χ0v) is 6.31. The van der Waals surface area contributed by atoms with Crippen LogP contribution in [-0.2, 0) is 4.74 Å². The predicted octanol–water partition coefficient (Wildman–Crippen LogP) is -0.528. The first-order valence-electron chi connectivity index (χ1n) is 4.14. The number of nitrogens with one attached hydrogen (secondary N) is 1. The monoisotopic (exact) mass is 141 g/mol. The lowest BCUT2D eigenvalue weighted by Gasteiger charge is -2.31. The predicted molar refractivity (Wildman–Crippen MR) is 38.5 cm³/mol. The van der Waals surface area contributed by atoms with Crippen LogP contribution < -0.4 is 4.90 Å². The third-order valence-corrected chi connectivity index (χ3v) is 2.43. The van der Waals surface area contributed by atoms with E-state index in [1.165, 1.54) is 17.7 Å². The maximum absolute atomic E-state index is 5.61. The van der Waals surface area contributed by atoms with Gasteiger partial charge < -0.3 is 9.64 Å². The summed E-state index contributed by atoms with van der Waals surface area (Å²) in [6.45, 7) is 3.13. The quantitative estimate of drug-likeness (QED) is 0.485. The van der Waals surface area contributed by atoms with Gasteiger partial charge >= 0.3 is 0 Å². The van der Waals surface area contributed by atoms with E-state index in [9.17, 15) is 0 Å². The van der Waals surface area contributed by atoms with E-state index >= 15 is 0 Å². The summed E-state index contributed by atoms with van der Waals surface area (Å²) >= 11 is 0. The van der Waals surface area contributed by atoms with Gasteiger partial charge in [0.25, 0.3) is 0 Å². The fourth-order valence-corrected chi connectivity index (χ4v) is 1.57. The van der Waals surface area contributed by atoms with Crippen molar-refractivity contribution >= 4 is 0 Å². The topological polar surface area (TPSA) is 13.7 Å². The van der Waals surface area contributed by atoms with Crippen LogP contribution in [0.3, 0.4) is 0 Å². The summed E-state index contributed by atoms with van der Waals surface area (Å²) in [6, 6.07) is 0. The molecule has 58 valence electrons. The van der Waals surface area contributed by atoms with E-state index < -0.39 is 0 Å². The molecule has 2 atom stereocenters. The van der Waals surface area contributed by atoms with Crippen molar-refractivity contribution in [2.24, 2.45) is 5.92 Å². The summed E-state index contributed by atoms with van der Waals surface area (Å²) in [4.78, 5) is 1.39.